The molecule has 0 aliphatic rings. The standard InChI is InChI=1S/C21H22N4O14S4/c1-12(26)22-17-11-16(41(30,31)32)9-13-10-18(42(33,34)35)20(21(27)19(13)17)24-23-14-3-5-15(6-4-14)25(2)40(28,29)8-7-39-43(36,37)38/h3-6,9-11,27H,7-8H2,1-2H3,(H,22,26)(H,30,31,32)(H,33,34,35)(H,36,37,38). The SMILES string of the molecule is CC(=O)Nc1cc(S(=O)(=O)O)cc2cc(S(=O)(=O)O)c(N=Nc3ccc(N(C)S(=O)(=O)CCOS(=O)(=O)O)cc3)c(O)c12. The van der Waals surface area contributed by atoms with E-state index in [4.69, 9.17) is 4.55 Å². The topological polar surface area (TPSA) is 284 Å². The first-order chi connectivity index (χ1) is 19.6. The van der Waals surface area contributed by atoms with E-state index in [0.717, 1.165) is 36.5 Å². The predicted molar refractivity (Wildman–Crippen MR) is 150 cm³/mol. The van der Waals surface area contributed by atoms with E-state index in [1.54, 1.807) is 0 Å². The fourth-order valence-electron chi connectivity index (χ4n) is 3.57. The number of nitrogens with zero attached hydrogens (tertiary/aromatic N) is 3. The van der Waals surface area contributed by atoms with E-state index in [9.17, 15) is 52.7 Å². The maximum Gasteiger partial charge on any atom is 0.397 e. The minimum Gasteiger partial charge on any atom is -0.505 e. The Morgan fingerprint density at radius 3 is 2.02 bits per heavy atom. The highest BCUT2D eigenvalue weighted by molar-refractivity contribution is 7.92. The first-order valence-corrected chi connectivity index (χ1v) is 17.1. The Kier molecular flexibility index (Phi) is 9.48. The van der Waals surface area contributed by atoms with E-state index >= 15 is 0 Å². The van der Waals surface area contributed by atoms with Crippen LogP contribution in [0.4, 0.5) is 22.7 Å². The van der Waals surface area contributed by atoms with Gasteiger partial charge in [0.25, 0.3) is 20.2 Å². The zero-order valence-electron chi connectivity index (χ0n) is 21.8. The average molecular weight is 683 g/mol. The summed E-state index contributed by atoms with van der Waals surface area (Å²) in [6.07, 6.45) is 0. The minimum atomic E-state index is -5.14. The molecule has 234 valence electrons. The van der Waals surface area contributed by atoms with Gasteiger partial charge in [-0.05, 0) is 47.9 Å². The van der Waals surface area contributed by atoms with Crippen LogP contribution in [0.3, 0.4) is 0 Å². The van der Waals surface area contributed by atoms with Crippen molar-refractivity contribution in [2.75, 3.05) is 29.0 Å². The van der Waals surface area contributed by atoms with Crippen LogP contribution in [0.25, 0.3) is 10.8 Å². The summed E-state index contributed by atoms with van der Waals surface area (Å²) in [7, 11) is -17.8. The highest BCUT2D eigenvalue weighted by Crippen LogP contribution is 2.45. The normalized spacial score (nSPS) is 13.0. The number of hydrogen-bond acceptors (Lipinski definition) is 13. The largest absolute Gasteiger partial charge is 0.505 e. The molecule has 43 heavy (non-hydrogen) atoms. The van der Waals surface area contributed by atoms with Gasteiger partial charge in [0.15, 0.2) is 5.75 Å². The molecule has 3 aromatic carbocycles. The molecule has 3 aromatic rings. The van der Waals surface area contributed by atoms with Crippen molar-refractivity contribution in [1.29, 1.82) is 0 Å². The van der Waals surface area contributed by atoms with Crippen LogP contribution in [0.1, 0.15) is 6.92 Å². The Morgan fingerprint density at radius 2 is 1.51 bits per heavy atom. The van der Waals surface area contributed by atoms with Crippen molar-refractivity contribution in [3.63, 3.8) is 0 Å². The number of hydrogen-bond donors (Lipinski definition) is 5. The smallest absolute Gasteiger partial charge is 0.397 e. The van der Waals surface area contributed by atoms with Gasteiger partial charge in [0, 0.05) is 19.4 Å². The number of phenols is 1. The van der Waals surface area contributed by atoms with E-state index in [-0.39, 0.29) is 27.8 Å². The summed E-state index contributed by atoms with van der Waals surface area (Å²) in [5.41, 5.74) is -1.13. The van der Waals surface area contributed by atoms with E-state index in [1.165, 1.54) is 24.3 Å². The number of nitrogens with one attached hydrogen (secondary N) is 1. The molecule has 22 heteroatoms. The van der Waals surface area contributed by atoms with E-state index < -0.39 is 80.2 Å². The number of benzene rings is 3. The van der Waals surface area contributed by atoms with E-state index in [1.807, 2.05) is 0 Å². The Balaban J connectivity index is 2.06. The van der Waals surface area contributed by atoms with Crippen LogP contribution in [0, 0.1) is 0 Å². The molecular weight excluding hydrogens is 661 g/mol. The number of sulfonamides is 1. The van der Waals surface area contributed by atoms with Gasteiger partial charge in [-0.15, -0.1) is 5.11 Å². The van der Waals surface area contributed by atoms with Gasteiger partial charge in [0.05, 0.1) is 34.3 Å². The maximum atomic E-state index is 12.4. The molecule has 0 aliphatic heterocycles. The molecule has 0 aromatic heterocycles. The van der Waals surface area contributed by atoms with Gasteiger partial charge < -0.3 is 10.4 Å². The van der Waals surface area contributed by atoms with Crippen LogP contribution in [0.15, 0.2) is 62.5 Å². The monoisotopic (exact) mass is 682 g/mol. The van der Waals surface area contributed by atoms with Crippen LogP contribution in [0.2, 0.25) is 0 Å². The summed E-state index contributed by atoms with van der Waals surface area (Å²) < 4.78 is 126. The summed E-state index contributed by atoms with van der Waals surface area (Å²) >= 11 is 0. The number of anilines is 2. The highest BCUT2D eigenvalue weighted by Gasteiger charge is 2.26. The molecule has 0 heterocycles. The lowest BCUT2D eigenvalue weighted by molar-refractivity contribution is -0.114. The lowest BCUT2D eigenvalue weighted by Gasteiger charge is -2.19. The maximum absolute atomic E-state index is 12.4. The van der Waals surface area contributed by atoms with Crippen molar-refractivity contribution < 1.29 is 61.4 Å². The number of azo groups is 1. The highest BCUT2D eigenvalue weighted by atomic mass is 32.3. The van der Waals surface area contributed by atoms with Crippen molar-refractivity contribution >= 4 is 80.1 Å². The molecular formula is C21H22N4O14S4. The van der Waals surface area contributed by atoms with Gasteiger partial charge >= 0.3 is 10.4 Å². The lowest BCUT2D eigenvalue weighted by Crippen LogP contribution is -2.31. The molecule has 5 N–H and O–H groups in total. The molecule has 0 fully saturated rings. The Labute approximate surface area is 245 Å². The summed E-state index contributed by atoms with van der Waals surface area (Å²) in [5.74, 6) is -2.49. The Hall–Kier alpha value is -3.77. The number of amides is 1. The van der Waals surface area contributed by atoms with Crippen LogP contribution < -0.4 is 9.62 Å². The third-order valence-corrected chi connectivity index (χ3v) is 9.37. The fraction of sp³-hybridized carbons (Fsp3) is 0.190. The zero-order chi connectivity index (χ0) is 32.5. The number of carbonyl (C=O) groups is 1. The van der Waals surface area contributed by atoms with Crippen LogP contribution >= 0.6 is 0 Å². The van der Waals surface area contributed by atoms with Gasteiger partial charge in [-0.2, -0.15) is 30.4 Å². The van der Waals surface area contributed by atoms with Gasteiger partial charge in [0.2, 0.25) is 15.9 Å². The second kappa shape index (κ2) is 12.1. The molecule has 0 bridgehead atoms. The van der Waals surface area contributed by atoms with Crippen molar-refractivity contribution in [2.45, 2.75) is 16.7 Å². The average Bonchev–Trinajstić information content (AvgIpc) is 2.85. The van der Waals surface area contributed by atoms with Crippen molar-refractivity contribution in [3.05, 3.63) is 42.5 Å². The summed E-state index contributed by atoms with van der Waals surface area (Å²) in [4.78, 5) is 9.93. The Morgan fingerprint density at radius 1 is 0.907 bits per heavy atom. The third kappa shape index (κ3) is 8.41. The molecule has 0 saturated carbocycles. The number of carbonyl (C=O) groups excluding carboxylic acids is 1. The van der Waals surface area contributed by atoms with E-state index in [2.05, 4.69) is 19.7 Å². The molecule has 0 radical (unpaired) electrons. The van der Waals surface area contributed by atoms with Gasteiger partial charge in [0.1, 0.15) is 10.6 Å². The number of aromatic hydroxyl groups is 1. The summed E-state index contributed by atoms with van der Waals surface area (Å²) in [6, 6.07) is 7.25. The van der Waals surface area contributed by atoms with Gasteiger partial charge in [-0.25, -0.2) is 12.6 Å². The summed E-state index contributed by atoms with van der Waals surface area (Å²) in [5, 5.41) is 20.0. The van der Waals surface area contributed by atoms with E-state index in [0.29, 0.717) is 0 Å². The molecule has 3 rings (SSSR count). The van der Waals surface area contributed by atoms with Gasteiger partial charge in [-0.3, -0.25) is 22.8 Å². The molecule has 0 aliphatic carbocycles. The second-order valence-electron chi connectivity index (χ2n) is 8.52. The second-order valence-corrected chi connectivity index (χ2v) is 14.5. The van der Waals surface area contributed by atoms with Crippen LogP contribution in [-0.2, 0) is 49.6 Å². The first-order valence-electron chi connectivity index (χ1n) is 11.3. The van der Waals surface area contributed by atoms with Crippen molar-refractivity contribution in [2.24, 2.45) is 10.2 Å². The fourth-order valence-corrected chi connectivity index (χ4v) is 6.18. The summed E-state index contributed by atoms with van der Waals surface area (Å²) in [6.45, 7) is 0.194. The molecule has 0 atom stereocenters. The predicted octanol–water partition coefficient (Wildman–Crippen LogP) is 2.00. The number of phenolic OH excluding ortho intramolecular Hbond substituents is 1. The molecule has 0 spiro atoms. The lowest BCUT2D eigenvalue weighted by atomic mass is 10.1. The first kappa shape index (κ1) is 33.7. The van der Waals surface area contributed by atoms with Crippen LogP contribution in [0.5, 0.6) is 5.75 Å². The molecule has 0 unspecified atom stereocenters. The number of fused-ring (bicyclic) bond motifs is 1. The molecule has 18 nitrogen and oxygen atoms in total. The molecule has 1 amide bonds. The van der Waals surface area contributed by atoms with Gasteiger partial charge in [-0.1, -0.05) is 0 Å². The number of rotatable bonds is 11. The van der Waals surface area contributed by atoms with Crippen molar-refractivity contribution in [3.8, 4) is 5.75 Å². The zero-order valence-corrected chi connectivity index (χ0v) is 25.1. The Bertz CT molecular complexity index is 2060. The van der Waals surface area contributed by atoms with Crippen molar-refractivity contribution in [1.82, 2.24) is 0 Å². The third-order valence-electron chi connectivity index (χ3n) is 5.48. The quantitative estimate of drug-likeness (QED) is 0.143. The molecule has 0 saturated heterocycles. The minimum absolute atomic E-state index is 0.0196. The van der Waals surface area contributed by atoms with Crippen LogP contribution in [-0.4, -0.2) is 77.8 Å².